The molecule has 2 aromatic carbocycles. The first-order valence-electron chi connectivity index (χ1n) is 9.68. The molecule has 30 heavy (non-hydrogen) atoms. The van der Waals surface area contributed by atoms with E-state index in [1.165, 1.54) is 11.3 Å². The number of hydrogen-bond donors (Lipinski definition) is 2. The molecule has 3 rings (SSSR count). The summed E-state index contributed by atoms with van der Waals surface area (Å²) in [6.45, 7) is 6.00. The van der Waals surface area contributed by atoms with Gasteiger partial charge in [0.1, 0.15) is 5.01 Å². The molecule has 1 heterocycles. The van der Waals surface area contributed by atoms with E-state index < -0.39 is 0 Å². The van der Waals surface area contributed by atoms with Crippen LogP contribution in [0.4, 0.5) is 5.69 Å². The normalized spacial score (nSPS) is 11.2. The number of halogens is 1. The van der Waals surface area contributed by atoms with Gasteiger partial charge in [-0.05, 0) is 56.7 Å². The van der Waals surface area contributed by atoms with Gasteiger partial charge in [0.25, 0.3) is 5.91 Å². The monoisotopic (exact) mass is 485 g/mol. The van der Waals surface area contributed by atoms with Crippen molar-refractivity contribution in [2.45, 2.75) is 39.2 Å². The molecule has 156 valence electrons. The van der Waals surface area contributed by atoms with Gasteiger partial charge in [0.05, 0.1) is 12.1 Å². The number of aromatic nitrogens is 1. The fourth-order valence-corrected chi connectivity index (χ4v) is 3.90. The molecule has 0 atom stereocenters. The summed E-state index contributed by atoms with van der Waals surface area (Å²) < 4.78 is 0.991. The van der Waals surface area contributed by atoms with E-state index in [2.05, 4.69) is 31.5 Å². The van der Waals surface area contributed by atoms with Gasteiger partial charge >= 0.3 is 0 Å². The van der Waals surface area contributed by atoms with Gasteiger partial charge in [-0.2, -0.15) is 0 Å². The van der Waals surface area contributed by atoms with Crippen LogP contribution in [0.1, 0.15) is 43.2 Å². The molecule has 2 N–H and O–H groups in total. The lowest BCUT2D eigenvalue weighted by Gasteiger charge is -2.24. The topological polar surface area (TPSA) is 71.1 Å². The summed E-state index contributed by atoms with van der Waals surface area (Å²) in [5, 5.41) is 8.64. The summed E-state index contributed by atoms with van der Waals surface area (Å²) in [5.41, 5.74) is 2.69. The van der Waals surface area contributed by atoms with Crippen molar-refractivity contribution < 1.29 is 9.59 Å². The first-order valence-corrected chi connectivity index (χ1v) is 11.4. The van der Waals surface area contributed by atoms with Crippen LogP contribution in [0, 0.1) is 0 Å². The van der Waals surface area contributed by atoms with Gasteiger partial charge in [-0.25, -0.2) is 4.98 Å². The van der Waals surface area contributed by atoms with Gasteiger partial charge in [-0.1, -0.05) is 35.0 Å². The Balaban J connectivity index is 1.58. The Labute approximate surface area is 189 Å². The Hall–Kier alpha value is -2.51. The second kappa shape index (κ2) is 9.53. The molecule has 0 spiro atoms. The molecule has 0 fully saturated rings. The van der Waals surface area contributed by atoms with E-state index in [1.54, 1.807) is 24.3 Å². The number of nitrogens with zero attached hydrogens (tertiary/aromatic N) is 1. The van der Waals surface area contributed by atoms with Crippen LogP contribution < -0.4 is 10.6 Å². The van der Waals surface area contributed by atoms with Crippen LogP contribution in [0.25, 0.3) is 10.6 Å². The molecule has 3 aromatic rings. The van der Waals surface area contributed by atoms with E-state index in [9.17, 15) is 9.59 Å². The molecule has 0 saturated heterocycles. The van der Waals surface area contributed by atoms with Crippen LogP contribution in [0.15, 0.2) is 58.4 Å². The van der Waals surface area contributed by atoms with Gasteiger partial charge in [0.15, 0.2) is 0 Å². The van der Waals surface area contributed by atoms with Gasteiger partial charge in [-0.15, -0.1) is 11.3 Å². The molecule has 0 unspecified atom stereocenters. The van der Waals surface area contributed by atoms with Crippen molar-refractivity contribution in [1.82, 2.24) is 10.3 Å². The molecular weight excluding hydrogens is 462 g/mol. The fourth-order valence-electron chi connectivity index (χ4n) is 2.68. The van der Waals surface area contributed by atoms with E-state index in [1.807, 2.05) is 50.4 Å². The number of amides is 2. The van der Waals surface area contributed by atoms with Crippen LogP contribution in [0.2, 0.25) is 0 Å². The van der Waals surface area contributed by atoms with Crippen LogP contribution >= 0.6 is 27.3 Å². The van der Waals surface area contributed by atoms with Crippen molar-refractivity contribution in [1.29, 1.82) is 0 Å². The lowest BCUT2D eigenvalue weighted by molar-refractivity contribution is -0.115. The molecule has 2 amide bonds. The molecule has 5 nitrogen and oxygen atoms in total. The van der Waals surface area contributed by atoms with Crippen molar-refractivity contribution in [3.8, 4) is 10.6 Å². The standard InChI is InChI=1S/C23H24BrN3O2S/c1-4-23(2,3)27-21(29)15-8-10-18(11-9-15)25-20(28)13-19-14-30-22(26-19)16-6-5-7-17(24)12-16/h5-12,14H,4,13H2,1-3H3,(H,25,28)(H,27,29). The van der Waals surface area contributed by atoms with Crippen molar-refractivity contribution in [3.05, 3.63) is 69.6 Å². The zero-order chi connectivity index (χ0) is 21.7. The minimum absolute atomic E-state index is 0.123. The minimum Gasteiger partial charge on any atom is -0.347 e. The SMILES string of the molecule is CCC(C)(C)NC(=O)c1ccc(NC(=O)Cc2csc(-c3cccc(Br)c3)n2)cc1. The molecule has 1 aromatic heterocycles. The highest BCUT2D eigenvalue weighted by molar-refractivity contribution is 9.10. The lowest BCUT2D eigenvalue weighted by atomic mass is 10.0. The third-order valence-electron chi connectivity index (χ3n) is 4.73. The van der Waals surface area contributed by atoms with Crippen molar-refractivity contribution >= 4 is 44.8 Å². The Kier molecular flexibility index (Phi) is 7.05. The summed E-state index contributed by atoms with van der Waals surface area (Å²) in [6, 6.07) is 14.8. The van der Waals surface area contributed by atoms with Gasteiger partial charge in [-0.3, -0.25) is 9.59 Å². The summed E-state index contributed by atoms with van der Waals surface area (Å²) >= 11 is 4.98. The Morgan fingerprint density at radius 2 is 1.87 bits per heavy atom. The van der Waals surface area contributed by atoms with Crippen molar-refractivity contribution in [3.63, 3.8) is 0 Å². The van der Waals surface area contributed by atoms with Crippen LogP contribution in [-0.4, -0.2) is 22.3 Å². The molecule has 0 aliphatic heterocycles. The maximum absolute atomic E-state index is 12.4. The Morgan fingerprint density at radius 3 is 2.53 bits per heavy atom. The molecule has 0 saturated carbocycles. The average molecular weight is 486 g/mol. The van der Waals surface area contributed by atoms with Gasteiger partial charge in [0.2, 0.25) is 5.91 Å². The number of nitrogens with one attached hydrogen (secondary N) is 2. The number of benzene rings is 2. The summed E-state index contributed by atoms with van der Waals surface area (Å²) in [6.07, 6.45) is 1.03. The van der Waals surface area contributed by atoms with Gasteiger partial charge < -0.3 is 10.6 Å². The van der Waals surface area contributed by atoms with Crippen LogP contribution in [0.3, 0.4) is 0 Å². The number of carbonyl (C=O) groups excluding carboxylic acids is 2. The molecule has 0 bridgehead atoms. The molecule has 0 aliphatic carbocycles. The van der Waals surface area contributed by atoms with Gasteiger partial charge in [0, 0.05) is 32.2 Å². The zero-order valence-corrected chi connectivity index (χ0v) is 19.6. The highest BCUT2D eigenvalue weighted by atomic mass is 79.9. The van der Waals surface area contributed by atoms with E-state index in [0.29, 0.717) is 11.3 Å². The zero-order valence-electron chi connectivity index (χ0n) is 17.2. The van der Waals surface area contributed by atoms with Crippen LogP contribution in [-0.2, 0) is 11.2 Å². The van der Waals surface area contributed by atoms with Crippen LogP contribution in [0.5, 0.6) is 0 Å². The van der Waals surface area contributed by atoms with E-state index in [4.69, 9.17) is 0 Å². The smallest absolute Gasteiger partial charge is 0.251 e. The number of carbonyl (C=O) groups is 2. The minimum atomic E-state index is -0.258. The average Bonchev–Trinajstić information content (AvgIpc) is 3.16. The van der Waals surface area contributed by atoms with E-state index in [0.717, 1.165) is 27.2 Å². The first kappa shape index (κ1) is 22.2. The number of anilines is 1. The summed E-state index contributed by atoms with van der Waals surface area (Å²) in [5.74, 6) is -0.271. The second-order valence-electron chi connectivity index (χ2n) is 7.65. The Bertz CT molecular complexity index is 1040. The number of thiazole rings is 1. The molecule has 0 aliphatic rings. The predicted octanol–water partition coefficient (Wildman–Crippen LogP) is 5.67. The maximum atomic E-state index is 12.4. The fraction of sp³-hybridized carbons (Fsp3) is 0.261. The van der Waals surface area contributed by atoms with Crippen molar-refractivity contribution in [2.75, 3.05) is 5.32 Å². The predicted molar refractivity (Wildman–Crippen MR) is 126 cm³/mol. The molecule has 0 radical (unpaired) electrons. The largest absolute Gasteiger partial charge is 0.347 e. The third-order valence-corrected chi connectivity index (χ3v) is 6.17. The highest BCUT2D eigenvalue weighted by Gasteiger charge is 2.18. The summed E-state index contributed by atoms with van der Waals surface area (Å²) in [4.78, 5) is 29.3. The van der Waals surface area contributed by atoms with E-state index >= 15 is 0 Å². The van der Waals surface area contributed by atoms with Crippen molar-refractivity contribution in [2.24, 2.45) is 0 Å². The third kappa shape index (κ3) is 6.00. The van der Waals surface area contributed by atoms with E-state index in [-0.39, 0.29) is 23.8 Å². The molecule has 7 heteroatoms. The lowest BCUT2D eigenvalue weighted by Crippen LogP contribution is -2.42. The second-order valence-corrected chi connectivity index (χ2v) is 9.42. The number of hydrogen-bond acceptors (Lipinski definition) is 4. The first-order chi connectivity index (χ1) is 14.3. The summed E-state index contributed by atoms with van der Waals surface area (Å²) in [7, 11) is 0. The number of rotatable bonds is 7. The Morgan fingerprint density at radius 1 is 1.13 bits per heavy atom. The quantitative estimate of drug-likeness (QED) is 0.452. The molecular formula is C23H24BrN3O2S. The maximum Gasteiger partial charge on any atom is 0.251 e. The highest BCUT2D eigenvalue weighted by Crippen LogP contribution is 2.26.